The van der Waals surface area contributed by atoms with Gasteiger partial charge in [-0.1, -0.05) is 24.3 Å². The molecule has 0 aliphatic carbocycles. The molecule has 0 aliphatic heterocycles. The molecule has 1 heterocycles. The molecule has 4 rings (SSSR count). The van der Waals surface area contributed by atoms with Crippen LogP contribution in [0, 0.1) is 17.5 Å². The zero-order valence-electron chi connectivity index (χ0n) is 19.9. The number of carboxylic acid groups (broad SMARTS) is 1. The van der Waals surface area contributed by atoms with Crippen molar-refractivity contribution in [2.75, 3.05) is 7.11 Å². The summed E-state index contributed by atoms with van der Waals surface area (Å²) in [5.74, 6) is -6.77. The Morgan fingerprint density at radius 2 is 1.72 bits per heavy atom. The second-order valence-corrected chi connectivity index (χ2v) is 8.37. The van der Waals surface area contributed by atoms with Crippen LogP contribution in [0.4, 0.5) is 26.3 Å². The molecule has 12 heteroatoms. The maximum atomic E-state index is 14.0. The van der Waals surface area contributed by atoms with Crippen LogP contribution in [-0.2, 0) is 17.4 Å². The van der Waals surface area contributed by atoms with Crippen molar-refractivity contribution in [1.29, 1.82) is 0 Å². The number of fused-ring (bicyclic) bond motifs is 1. The van der Waals surface area contributed by atoms with Gasteiger partial charge in [-0.05, 0) is 29.8 Å². The minimum absolute atomic E-state index is 0.0148. The van der Waals surface area contributed by atoms with Gasteiger partial charge in [0.05, 0.1) is 18.2 Å². The van der Waals surface area contributed by atoms with Crippen molar-refractivity contribution in [1.82, 2.24) is 10.3 Å². The van der Waals surface area contributed by atoms with Crippen molar-refractivity contribution >= 4 is 22.8 Å². The van der Waals surface area contributed by atoms with Crippen LogP contribution in [0.3, 0.4) is 0 Å². The van der Waals surface area contributed by atoms with Gasteiger partial charge in [-0.15, -0.1) is 0 Å². The van der Waals surface area contributed by atoms with Gasteiger partial charge >= 0.3 is 12.1 Å². The van der Waals surface area contributed by atoms with E-state index in [0.717, 1.165) is 31.4 Å². The van der Waals surface area contributed by atoms with E-state index in [9.17, 15) is 41.0 Å². The number of carbonyl (C=O) groups excluding carboxylic acids is 1. The van der Waals surface area contributed by atoms with Crippen molar-refractivity contribution in [2.45, 2.75) is 18.6 Å². The Morgan fingerprint density at radius 3 is 2.33 bits per heavy atom. The first-order valence-electron chi connectivity index (χ1n) is 11.2. The van der Waals surface area contributed by atoms with E-state index in [4.69, 9.17) is 4.74 Å². The molecule has 0 radical (unpaired) electrons. The molecule has 0 saturated heterocycles. The molecule has 202 valence electrons. The summed E-state index contributed by atoms with van der Waals surface area (Å²) in [6.45, 7) is 0. The summed E-state index contributed by atoms with van der Waals surface area (Å²) in [4.78, 5) is 28.6. The Kier molecular flexibility index (Phi) is 7.48. The standard InChI is InChI=1S/C27H18F6N2O4/c1-39-21-12-14(28)11-17(27(31,32)33)22(21)16-8-7-13(15-4-3-9-34-24(15)16)10-20(26(37)38)35-25(36)23-18(29)5-2-6-19(23)30/h2-9,11-12,20H,10H2,1H3,(H,35,36)(H,37,38)/t20-/m0/s1. The number of nitrogens with one attached hydrogen (secondary N) is 1. The molecule has 0 spiro atoms. The number of carboxylic acids is 1. The van der Waals surface area contributed by atoms with Gasteiger partial charge in [-0.25, -0.2) is 18.0 Å². The number of aliphatic carboxylic acids is 1. The van der Waals surface area contributed by atoms with Gasteiger partial charge in [0.25, 0.3) is 5.91 Å². The third-order valence-electron chi connectivity index (χ3n) is 5.94. The number of benzene rings is 3. The Morgan fingerprint density at radius 1 is 1.03 bits per heavy atom. The zero-order valence-corrected chi connectivity index (χ0v) is 19.9. The largest absolute Gasteiger partial charge is 0.496 e. The SMILES string of the molecule is COc1cc(F)cc(C(F)(F)F)c1-c1ccc(C[C@H](NC(=O)c2c(F)cccc2F)C(=O)O)c2cccnc12. The summed E-state index contributed by atoms with van der Waals surface area (Å²) in [6.07, 6.45) is -4.06. The predicted octanol–water partition coefficient (Wildman–Crippen LogP) is 5.77. The molecule has 3 aromatic carbocycles. The number of aromatic nitrogens is 1. The second kappa shape index (κ2) is 10.6. The lowest BCUT2D eigenvalue weighted by atomic mass is 9.92. The molecule has 0 unspecified atom stereocenters. The highest BCUT2D eigenvalue weighted by atomic mass is 19.4. The number of alkyl halides is 3. The molecule has 6 nitrogen and oxygen atoms in total. The van der Waals surface area contributed by atoms with E-state index in [1.54, 1.807) is 0 Å². The molecule has 1 aromatic heterocycles. The van der Waals surface area contributed by atoms with Crippen LogP contribution >= 0.6 is 0 Å². The number of hydrogen-bond donors (Lipinski definition) is 2. The molecule has 4 aromatic rings. The Bertz CT molecular complexity index is 1570. The van der Waals surface area contributed by atoms with Crippen LogP contribution in [0.2, 0.25) is 0 Å². The summed E-state index contributed by atoms with van der Waals surface area (Å²) in [5, 5.41) is 12.0. The van der Waals surface area contributed by atoms with E-state index < -0.39 is 70.4 Å². The average molecular weight is 548 g/mol. The molecule has 39 heavy (non-hydrogen) atoms. The van der Waals surface area contributed by atoms with Gasteiger partial charge in [0.15, 0.2) is 0 Å². The first kappa shape index (κ1) is 27.4. The maximum Gasteiger partial charge on any atom is 0.417 e. The summed E-state index contributed by atoms with van der Waals surface area (Å²) < 4.78 is 88.7. The van der Waals surface area contributed by atoms with Crippen LogP contribution in [-0.4, -0.2) is 35.1 Å². The number of rotatable bonds is 7. The van der Waals surface area contributed by atoms with Gasteiger partial charge < -0.3 is 15.2 Å². The molecular formula is C27H18F6N2O4. The van der Waals surface area contributed by atoms with Gasteiger partial charge in [-0.3, -0.25) is 9.78 Å². The maximum absolute atomic E-state index is 14.0. The second-order valence-electron chi connectivity index (χ2n) is 8.37. The Balaban J connectivity index is 1.80. The van der Waals surface area contributed by atoms with Crippen molar-refractivity contribution in [3.05, 3.63) is 94.9 Å². The smallest absolute Gasteiger partial charge is 0.417 e. The number of ether oxygens (including phenoxy) is 1. The van der Waals surface area contributed by atoms with E-state index >= 15 is 0 Å². The summed E-state index contributed by atoms with van der Waals surface area (Å²) >= 11 is 0. The van der Waals surface area contributed by atoms with Crippen LogP contribution in [0.5, 0.6) is 5.75 Å². The number of hydrogen-bond acceptors (Lipinski definition) is 4. The average Bonchev–Trinajstić information content (AvgIpc) is 2.87. The lowest BCUT2D eigenvalue weighted by molar-refractivity contribution is -0.139. The quantitative estimate of drug-likeness (QED) is 0.286. The van der Waals surface area contributed by atoms with Crippen LogP contribution in [0.15, 0.2) is 60.8 Å². The van der Waals surface area contributed by atoms with E-state index in [-0.39, 0.29) is 22.0 Å². The number of nitrogens with zero attached hydrogens (tertiary/aromatic N) is 1. The minimum atomic E-state index is -4.95. The molecule has 0 bridgehead atoms. The van der Waals surface area contributed by atoms with Gasteiger partial charge in [0.1, 0.15) is 34.8 Å². The summed E-state index contributed by atoms with van der Waals surface area (Å²) in [6, 6.07) is 7.68. The zero-order chi connectivity index (χ0) is 28.5. The first-order chi connectivity index (χ1) is 18.4. The summed E-state index contributed by atoms with van der Waals surface area (Å²) in [5.41, 5.74) is -2.54. The number of carbonyl (C=O) groups is 2. The van der Waals surface area contributed by atoms with Crippen molar-refractivity contribution in [2.24, 2.45) is 0 Å². The van der Waals surface area contributed by atoms with E-state index in [2.05, 4.69) is 10.3 Å². The Hall–Kier alpha value is -4.61. The normalized spacial score (nSPS) is 12.3. The third kappa shape index (κ3) is 5.49. The Labute approximate surface area is 216 Å². The molecular weight excluding hydrogens is 530 g/mol. The van der Waals surface area contributed by atoms with Crippen LogP contribution in [0.1, 0.15) is 21.5 Å². The van der Waals surface area contributed by atoms with Crippen molar-refractivity contribution < 1.29 is 45.8 Å². The highest BCUT2D eigenvalue weighted by Crippen LogP contribution is 2.45. The third-order valence-corrected chi connectivity index (χ3v) is 5.94. The first-order valence-corrected chi connectivity index (χ1v) is 11.2. The minimum Gasteiger partial charge on any atom is -0.496 e. The topological polar surface area (TPSA) is 88.5 Å². The van der Waals surface area contributed by atoms with Crippen molar-refractivity contribution in [3.8, 4) is 16.9 Å². The fourth-order valence-electron chi connectivity index (χ4n) is 4.22. The number of amides is 1. The molecule has 1 amide bonds. The van der Waals surface area contributed by atoms with Crippen LogP contribution in [0.25, 0.3) is 22.0 Å². The van der Waals surface area contributed by atoms with Gasteiger partial charge in [0, 0.05) is 35.2 Å². The van der Waals surface area contributed by atoms with E-state index in [0.29, 0.717) is 6.07 Å². The monoisotopic (exact) mass is 548 g/mol. The summed E-state index contributed by atoms with van der Waals surface area (Å²) in [7, 11) is 1.08. The van der Waals surface area contributed by atoms with E-state index in [1.165, 1.54) is 30.5 Å². The number of methoxy groups -OCH3 is 1. The molecule has 1 atom stereocenters. The van der Waals surface area contributed by atoms with Gasteiger partial charge in [0.2, 0.25) is 0 Å². The predicted molar refractivity (Wildman–Crippen MR) is 128 cm³/mol. The molecule has 0 saturated carbocycles. The molecule has 0 aliphatic rings. The lowest BCUT2D eigenvalue weighted by Crippen LogP contribution is -2.43. The fourth-order valence-corrected chi connectivity index (χ4v) is 4.22. The highest BCUT2D eigenvalue weighted by Gasteiger charge is 2.37. The molecule has 0 fully saturated rings. The highest BCUT2D eigenvalue weighted by molar-refractivity contribution is 5.99. The lowest BCUT2D eigenvalue weighted by Gasteiger charge is -2.20. The number of halogens is 6. The fraction of sp³-hybridized carbons (Fsp3) is 0.148. The van der Waals surface area contributed by atoms with E-state index in [1.807, 2.05) is 0 Å². The van der Waals surface area contributed by atoms with Gasteiger partial charge in [-0.2, -0.15) is 13.2 Å². The molecule has 2 N–H and O–H groups in total. The van der Waals surface area contributed by atoms with Crippen molar-refractivity contribution in [3.63, 3.8) is 0 Å². The number of pyridine rings is 1. The van der Waals surface area contributed by atoms with Crippen LogP contribution < -0.4 is 10.1 Å².